The fraction of sp³-hybridized carbons (Fsp3) is 0.800. The molecule has 5 atom stereocenters. The summed E-state index contributed by atoms with van der Waals surface area (Å²) >= 11 is 0. The van der Waals surface area contributed by atoms with Gasteiger partial charge >= 0.3 is 13.8 Å². The maximum atomic E-state index is 11.1. The minimum Gasteiger partial charge on any atom is -0.480 e. The van der Waals surface area contributed by atoms with Gasteiger partial charge in [-0.1, -0.05) is 0 Å². The van der Waals surface area contributed by atoms with Gasteiger partial charge in [-0.3, -0.25) is 19.4 Å². The van der Waals surface area contributed by atoms with Crippen LogP contribution in [0.5, 0.6) is 0 Å². The Morgan fingerprint density at radius 2 is 1.91 bits per heavy atom. The lowest BCUT2D eigenvalue weighted by Gasteiger charge is -2.21. The number of nitrogens with one attached hydrogen (secondary N) is 1. The summed E-state index contributed by atoms with van der Waals surface area (Å²) in [6.07, 6.45) is -6.11. The Morgan fingerprint density at radius 1 is 1.30 bits per heavy atom. The number of phosphoric acid groups is 1. The Hall–Kier alpha value is -1.11. The van der Waals surface area contributed by atoms with Crippen LogP contribution in [0.2, 0.25) is 0 Å². The van der Waals surface area contributed by atoms with Crippen LogP contribution in [0.25, 0.3) is 0 Å². The van der Waals surface area contributed by atoms with Gasteiger partial charge in [-0.2, -0.15) is 0 Å². The number of carboxylic acid groups (broad SMARTS) is 1. The lowest BCUT2D eigenvalue weighted by molar-refractivity contribution is -0.141. The van der Waals surface area contributed by atoms with E-state index in [-0.39, 0.29) is 12.8 Å². The van der Waals surface area contributed by atoms with Crippen molar-refractivity contribution < 1.29 is 48.5 Å². The minimum absolute atomic E-state index is 0.170. The van der Waals surface area contributed by atoms with Gasteiger partial charge in [-0.15, -0.1) is 0 Å². The topological polar surface area (TPSA) is 209 Å². The highest BCUT2D eigenvalue weighted by Gasteiger charge is 2.44. The summed E-state index contributed by atoms with van der Waals surface area (Å²) in [7, 11) is -4.79. The molecule has 1 heterocycles. The standard InChI is InChI=1S/C10H19N2O10P/c11-6(13)2-1-4(10(16)17)12-9-8(15)7(14)5(22-9)3-21-23(18,19)20/h4-5,7-9,12,14-15H,1-3H2,(H2,11,13)(H,16,17)(H2,18,19,20)/t4-,5+,7+,8+,9?/m0/s1. The number of primary amides is 1. The zero-order chi connectivity index (χ0) is 17.8. The smallest absolute Gasteiger partial charge is 0.469 e. The first-order valence-corrected chi connectivity index (χ1v) is 8.03. The average molecular weight is 358 g/mol. The van der Waals surface area contributed by atoms with Gasteiger partial charge in [0, 0.05) is 6.42 Å². The number of carbonyl (C=O) groups is 2. The highest BCUT2D eigenvalue weighted by Crippen LogP contribution is 2.37. The molecular formula is C10H19N2O10P. The lowest BCUT2D eigenvalue weighted by Crippen LogP contribution is -2.49. The second kappa shape index (κ2) is 8.13. The number of amides is 1. The molecule has 8 N–H and O–H groups in total. The quantitative estimate of drug-likeness (QED) is 0.205. The molecule has 23 heavy (non-hydrogen) atoms. The average Bonchev–Trinajstić information content (AvgIpc) is 2.67. The van der Waals surface area contributed by atoms with Crippen molar-refractivity contribution in [2.24, 2.45) is 5.73 Å². The van der Waals surface area contributed by atoms with Crippen molar-refractivity contribution in [3.63, 3.8) is 0 Å². The minimum atomic E-state index is -4.79. The van der Waals surface area contributed by atoms with Crippen molar-refractivity contribution in [2.75, 3.05) is 6.61 Å². The van der Waals surface area contributed by atoms with Crippen LogP contribution in [0.15, 0.2) is 0 Å². The molecule has 0 bridgehead atoms. The zero-order valence-corrected chi connectivity index (χ0v) is 12.7. The molecule has 1 aliphatic rings. The van der Waals surface area contributed by atoms with E-state index in [0.717, 1.165) is 0 Å². The second-order valence-corrected chi connectivity index (χ2v) is 6.16. The largest absolute Gasteiger partial charge is 0.480 e. The van der Waals surface area contributed by atoms with Crippen molar-refractivity contribution in [3.05, 3.63) is 0 Å². The number of nitrogens with two attached hydrogens (primary N) is 1. The van der Waals surface area contributed by atoms with E-state index >= 15 is 0 Å². The number of aliphatic carboxylic acids is 1. The summed E-state index contributed by atoms with van der Waals surface area (Å²) < 4.78 is 19.9. The maximum Gasteiger partial charge on any atom is 0.469 e. The molecule has 12 nitrogen and oxygen atoms in total. The maximum absolute atomic E-state index is 11.1. The molecule has 1 amide bonds. The van der Waals surface area contributed by atoms with Crippen molar-refractivity contribution in [2.45, 2.75) is 43.4 Å². The SMILES string of the molecule is NC(=O)CC[C@H](NC1O[C@H](COP(=O)(O)O)[C@@H](O)[C@H]1O)C(=O)O. The third kappa shape index (κ3) is 6.49. The molecule has 0 aromatic rings. The van der Waals surface area contributed by atoms with E-state index in [1.807, 2.05) is 0 Å². The monoisotopic (exact) mass is 358 g/mol. The summed E-state index contributed by atoms with van der Waals surface area (Å²) in [5.74, 6) is -2.04. The van der Waals surface area contributed by atoms with Gasteiger partial charge in [-0.25, -0.2) is 4.57 Å². The first kappa shape index (κ1) is 19.9. The Labute approximate surface area is 130 Å². The van der Waals surface area contributed by atoms with E-state index in [9.17, 15) is 24.4 Å². The molecule has 1 aliphatic heterocycles. The van der Waals surface area contributed by atoms with Gasteiger partial charge in [0.25, 0.3) is 0 Å². The lowest BCUT2D eigenvalue weighted by atomic mass is 10.1. The number of aliphatic hydroxyl groups is 2. The second-order valence-electron chi connectivity index (χ2n) is 4.93. The molecule has 13 heteroatoms. The first-order chi connectivity index (χ1) is 10.5. The van der Waals surface area contributed by atoms with Crippen molar-refractivity contribution in [3.8, 4) is 0 Å². The van der Waals surface area contributed by atoms with E-state index in [1.165, 1.54) is 0 Å². The van der Waals surface area contributed by atoms with Crippen LogP contribution >= 0.6 is 7.82 Å². The van der Waals surface area contributed by atoms with Gasteiger partial charge in [-0.05, 0) is 6.42 Å². The van der Waals surface area contributed by atoms with Crippen LogP contribution in [0.1, 0.15) is 12.8 Å². The number of carboxylic acids is 1. The van der Waals surface area contributed by atoms with Gasteiger partial charge in [0.05, 0.1) is 6.61 Å². The van der Waals surface area contributed by atoms with Gasteiger partial charge in [0.1, 0.15) is 30.6 Å². The Morgan fingerprint density at radius 3 is 2.39 bits per heavy atom. The van der Waals surface area contributed by atoms with Crippen LogP contribution in [-0.4, -0.2) is 74.2 Å². The van der Waals surface area contributed by atoms with Crippen LogP contribution in [0.3, 0.4) is 0 Å². The molecule has 0 aromatic carbocycles. The Balaban J connectivity index is 2.63. The molecule has 0 radical (unpaired) electrons. The highest BCUT2D eigenvalue weighted by atomic mass is 31.2. The number of aliphatic hydroxyl groups excluding tert-OH is 2. The van der Waals surface area contributed by atoms with Crippen molar-refractivity contribution >= 4 is 19.7 Å². The molecule has 1 saturated heterocycles. The van der Waals surface area contributed by atoms with E-state index in [0.29, 0.717) is 0 Å². The van der Waals surface area contributed by atoms with Crippen LogP contribution in [0.4, 0.5) is 0 Å². The predicted octanol–water partition coefficient (Wildman–Crippen LogP) is -3.15. The molecule has 0 aliphatic carbocycles. The highest BCUT2D eigenvalue weighted by molar-refractivity contribution is 7.46. The van der Waals surface area contributed by atoms with Crippen molar-refractivity contribution in [1.29, 1.82) is 0 Å². The zero-order valence-electron chi connectivity index (χ0n) is 11.8. The summed E-state index contributed by atoms with van der Waals surface area (Å²) in [6, 6.07) is -1.28. The molecule has 0 aromatic heterocycles. The Kier molecular flexibility index (Phi) is 7.04. The number of phosphoric ester groups is 1. The van der Waals surface area contributed by atoms with Gasteiger partial charge < -0.3 is 35.6 Å². The molecule has 0 spiro atoms. The molecule has 134 valence electrons. The van der Waals surface area contributed by atoms with Crippen LogP contribution in [0, 0.1) is 0 Å². The fourth-order valence-electron chi connectivity index (χ4n) is 1.96. The number of ether oxygens (including phenoxy) is 1. The number of carbonyl (C=O) groups excluding carboxylic acids is 1. The summed E-state index contributed by atoms with van der Waals surface area (Å²) in [6.45, 7) is -0.709. The van der Waals surface area contributed by atoms with E-state index in [1.54, 1.807) is 0 Å². The number of hydrogen-bond acceptors (Lipinski definition) is 8. The van der Waals surface area contributed by atoms with Crippen LogP contribution < -0.4 is 11.1 Å². The summed E-state index contributed by atoms with van der Waals surface area (Å²) in [4.78, 5) is 39.0. The van der Waals surface area contributed by atoms with E-state index in [2.05, 4.69) is 9.84 Å². The molecule has 1 fully saturated rings. The normalized spacial score (nSPS) is 29.4. The molecule has 1 rings (SSSR count). The number of hydrogen-bond donors (Lipinski definition) is 7. The van der Waals surface area contributed by atoms with E-state index in [4.69, 9.17) is 25.4 Å². The van der Waals surface area contributed by atoms with Gasteiger partial charge in [0.2, 0.25) is 5.91 Å². The molecular weight excluding hydrogens is 339 g/mol. The first-order valence-electron chi connectivity index (χ1n) is 6.50. The van der Waals surface area contributed by atoms with Gasteiger partial charge in [0.15, 0.2) is 0 Å². The third-order valence-corrected chi connectivity index (χ3v) is 3.60. The molecule has 0 saturated carbocycles. The third-order valence-electron chi connectivity index (χ3n) is 3.11. The fourth-order valence-corrected chi connectivity index (χ4v) is 2.30. The molecule has 1 unspecified atom stereocenters. The summed E-state index contributed by atoms with van der Waals surface area (Å²) in [5, 5.41) is 30.9. The number of rotatable bonds is 9. The van der Waals surface area contributed by atoms with E-state index < -0.39 is 56.9 Å². The van der Waals surface area contributed by atoms with Crippen LogP contribution in [-0.2, 0) is 23.4 Å². The van der Waals surface area contributed by atoms with Crippen molar-refractivity contribution in [1.82, 2.24) is 5.32 Å². The summed E-state index contributed by atoms with van der Waals surface area (Å²) in [5.41, 5.74) is 4.93. The predicted molar refractivity (Wildman–Crippen MR) is 71.7 cm³/mol. The Bertz CT molecular complexity index is 482.